The van der Waals surface area contributed by atoms with Crippen LogP contribution in [-0.2, 0) is 6.42 Å². The molecule has 21 heavy (non-hydrogen) atoms. The lowest BCUT2D eigenvalue weighted by atomic mass is 9.94. The molecule has 0 amide bonds. The van der Waals surface area contributed by atoms with Crippen LogP contribution in [0.1, 0.15) is 22.9 Å². The fraction of sp³-hybridized carbons (Fsp3) is 0.176. The molecule has 4 rings (SSSR count). The van der Waals surface area contributed by atoms with Gasteiger partial charge in [0, 0.05) is 31.7 Å². The summed E-state index contributed by atoms with van der Waals surface area (Å²) in [5, 5.41) is 5.70. The molecule has 2 N–H and O–H groups in total. The quantitative estimate of drug-likeness (QED) is 0.563. The highest BCUT2D eigenvalue weighted by molar-refractivity contribution is 14.1. The van der Waals surface area contributed by atoms with E-state index in [1.807, 2.05) is 6.07 Å². The molecule has 1 atom stereocenters. The summed E-state index contributed by atoms with van der Waals surface area (Å²) in [7, 11) is 0. The summed E-state index contributed by atoms with van der Waals surface area (Å²) in [4.78, 5) is 3.59. The third kappa shape index (κ3) is 2.28. The Balaban J connectivity index is 1.92. The van der Waals surface area contributed by atoms with Gasteiger partial charge in [0.15, 0.2) is 0 Å². The lowest BCUT2D eigenvalue weighted by Gasteiger charge is -2.25. The van der Waals surface area contributed by atoms with Crippen LogP contribution in [0.5, 0.6) is 0 Å². The van der Waals surface area contributed by atoms with Gasteiger partial charge in [-0.2, -0.15) is 0 Å². The summed E-state index contributed by atoms with van der Waals surface area (Å²) in [5.74, 6) is 0. The van der Waals surface area contributed by atoms with E-state index in [1.165, 1.54) is 31.3 Å². The van der Waals surface area contributed by atoms with Crippen molar-refractivity contribution in [1.82, 2.24) is 10.3 Å². The standard InChI is InChI=1S/C17H14ClIN2/c18-10-5-6-15-13(9-10)11-7-8-20-16(17(11)21-15)12-3-1-2-4-14(12)19/h1-6,9,16,20-21H,7-8H2. The Bertz CT molecular complexity index is 825. The van der Waals surface area contributed by atoms with Gasteiger partial charge in [0.2, 0.25) is 0 Å². The van der Waals surface area contributed by atoms with Crippen LogP contribution in [0.15, 0.2) is 42.5 Å². The maximum atomic E-state index is 6.17. The van der Waals surface area contributed by atoms with Gasteiger partial charge in [-0.05, 0) is 64.4 Å². The number of rotatable bonds is 1. The molecule has 0 aliphatic carbocycles. The van der Waals surface area contributed by atoms with Crippen molar-refractivity contribution in [1.29, 1.82) is 0 Å². The van der Waals surface area contributed by atoms with Crippen LogP contribution in [0, 0.1) is 3.57 Å². The van der Waals surface area contributed by atoms with Crippen LogP contribution in [0.4, 0.5) is 0 Å². The topological polar surface area (TPSA) is 27.8 Å². The summed E-state index contributed by atoms with van der Waals surface area (Å²) >= 11 is 8.58. The summed E-state index contributed by atoms with van der Waals surface area (Å²) in [6.45, 7) is 0.988. The lowest BCUT2D eigenvalue weighted by molar-refractivity contribution is 0.558. The normalized spacial score (nSPS) is 17.9. The lowest BCUT2D eigenvalue weighted by Crippen LogP contribution is -2.30. The molecule has 0 saturated carbocycles. The van der Waals surface area contributed by atoms with Crippen molar-refractivity contribution in [2.24, 2.45) is 0 Å². The second-order valence-corrected chi connectivity index (χ2v) is 6.96. The van der Waals surface area contributed by atoms with Crippen molar-refractivity contribution in [2.75, 3.05) is 6.54 Å². The van der Waals surface area contributed by atoms with E-state index in [-0.39, 0.29) is 6.04 Å². The number of aromatic amines is 1. The van der Waals surface area contributed by atoms with Crippen LogP contribution in [0.2, 0.25) is 5.02 Å². The summed E-state index contributed by atoms with van der Waals surface area (Å²) in [6, 6.07) is 14.9. The van der Waals surface area contributed by atoms with E-state index in [1.54, 1.807) is 0 Å². The number of hydrogen-bond donors (Lipinski definition) is 2. The van der Waals surface area contributed by atoms with Crippen molar-refractivity contribution in [3.8, 4) is 0 Å². The van der Waals surface area contributed by atoms with Gasteiger partial charge in [0.05, 0.1) is 6.04 Å². The van der Waals surface area contributed by atoms with E-state index in [9.17, 15) is 0 Å². The fourth-order valence-electron chi connectivity index (χ4n) is 3.17. The second kappa shape index (κ2) is 5.30. The minimum Gasteiger partial charge on any atom is -0.357 e. The molecule has 4 heteroatoms. The zero-order valence-electron chi connectivity index (χ0n) is 11.3. The van der Waals surface area contributed by atoms with E-state index < -0.39 is 0 Å². The molecule has 1 aliphatic rings. The molecule has 0 radical (unpaired) electrons. The van der Waals surface area contributed by atoms with Crippen molar-refractivity contribution >= 4 is 45.1 Å². The van der Waals surface area contributed by atoms with Crippen LogP contribution in [0.3, 0.4) is 0 Å². The number of aromatic nitrogens is 1. The number of H-pyrrole nitrogens is 1. The average Bonchev–Trinajstić information content (AvgIpc) is 2.86. The first-order valence-corrected chi connectivity index (χ1v) is 8.47. The molecule has 0 saturated heterocycles. The third-order valence-corrected chi connectivity index (χ3v) is 5.35. The molecular weight excluding hydrogens is 395 g/mol. The number of benzene rings is 2. The average molecular weight is 409 g/mol. The highest BCUT2D eigenvalue weighted by atomic mass is 127. The molecule has 2 aromatic carbocycles. The van der Waals surface area contributed by atoms with Crippen LogP contribution in [-0.4, -0.2) is 11.5 Å². The number of hydrogen-bond acceptors (Lipinski definition) is 1. The minimum absolute atomic E-state index is 0.230. The third-order valence-electron chi connectivity index (χ3n) is 4.13. The summed E-state index contributed by atoms with van der Waals surface area (Å²) < 4.78 is 1.29. The van der Waals surface area contributed by atoms with Gasteiger partial charge >= 0.3 is 0 Å². The van der Waals surface area contributed by atoms with E-state index in [0.717, 1.165) is 18.0 Å². The Morgan fingerprint density at radius 3 is 2.86 bits per heavy atom. The highest BCUT2D eigenvalue weighted by Gasteiger charge is 2.26. The maximum absolute atomic E-state index is 6.17. The van der Waals surface area contributed by atoms with Crippen molar-refractivity contribution in [2.45, 2.75) is 12.5 Å². The van der Waals surface area contributed by atoms with Gasteiger partial charge < -0.3 is 10.3 Å². The predicted octanol–water partition coefficient (Wildman–Crippen LogP) is 4.66. The fourth-order valence-corrected chi connectivity index (χ4v) is 4.05. The molecule has 0 bridgehead atoms. The molecule has 1 unspecified atom stereocenters. The van der Waals surface area contributed by atoms with E-state index in [4.69, 9.17) is 11.6 Å². The largest absolute Gasteiger partial charge is 0.357 e. The van der Waals surface area contributed by atoms with Crippen LogP contribution < -0.4 is 5.32 Å². The summed E-state index contributed by atoms with van der Waals surface area (Å²) in [6.07, 6.45) is 1.04. The first-order valence-electron chi connectivity index (χ1n) is 7.02. The van der Waals surface area contributed by atoms with Gasteiger partial charge in [-0.3, -0.25) is 0 Å². The maximum Gasteiger partial charge on any atom is 0.0742 e. The Morgan fingerprint density at radius 1 is 1.14 bits per heavy atom. The molecule has 106 valence electrons. The van der Waals surface area contributed by atoms with Gasteiger partial charge in [0.25, 0.3) is 0 Å². The first-order chi connectivity index (χ1) is 10.2. The first kappa shape index (κ1) is 13.6. The Labute approximate surface area is 142 Å². The minimum atomic E-state index is 0.230. The van der Waals surface area contributed by atoms with E-state index >= 15 is 0 Å². The smallest absolute Gasteiger partial charge is 0.0742 e. The summed E-state index contributed by atoms with van der Waals surface area (Å²) in [5.41, 5.74) is 5.18. The van der Waals surface area contributed by atoms with Crippen molar-refractivity contribution in [3.63, 3.8) is 0 Å². The van der Waals surface area contributed by atoms with Gasteiger partial charge in [-0.25, -0.2) is 0 Å². The monoisotopic (exact) mass is 408 g/mol. The zero-order chi connectivity index (χ0) is 14.4. The SMILES string of the molecule is Clc1ccc2[nH]c3c(c2c1)CCNC3c1ccccc1I. The molecule has 0 spiro atoms. The van der Waals surface area contributed by atoms with Gasteiger partial charge in [0.1, 0.15) is 0 Å². The van der Waals surface area contributed by atoms with Crippen molar-refractivity contribution < 1.29 is 0 Å². The molecular formula is C17H14ClIN2. The van der Waals surface area contributed by atoms with Crippen LogP contribution >= 0.6 is 34.2 Å². The zero-order valence-corrected chi connectivity index (χ0v) is 14.2. The predicted molar refractivity (Wildman–Crippen MR) is 96.0 cm³/mol. The van der Waals surface area contributed by atoms with Crippen LogP contribution in [0.25, 0.3) is 10.9 Å². The Hall–Kier alpha value is -1.04. The van der Waals surface area contributed by atoms with Gasteiger partial charge in [-0.1, -0.05) is 29.8 Å². The second-order valence-electron chi connectivity index (χ2n) is 5.37. The van der Waals surface area contributed by atoms with Crippen molar-refractivity contribution in [3.05, 3.63) is 67.9 Å². The molecule has 2 nitrogen and oxygen atoms in total. The molecule has 1 aromatic heterocycles. The number of fused-ring (bicyclic) bond motifs is 3. The van der Waals surface area contributed by atoms with E-state index in [2.05, 4.69) is 69.3 Å². The highest BCUT2D eigenvalue weighted by Crippen LogP contribution is 2.35. The Kier molecular flexibility index (Phi) is 3.44. The molecule has 1 aliphatic heterocycles. The number of halogens is 2. The molecule has 0 fully saturated rings. The Morgan fingerprint density at radius 2 is 2.00 bits per heavy atom. The molecule has 2 heterocycles. The van der Waals surface area contributed by atoms with Gasteiger partial charge in [-0.15, -0.1) is 0 Å². The molecule has 3 aromatic rings. The number of nitrogens with one attached hydrogen (secondary N) is 2. The van der Waals surface area contributed by atoms with E-state index in [0.29, 0.717) is 0 Å².